The van der Waals surface area contributed by atoms with Crippen molar-refractivity contribution in [2.45, 2.75) is 19.2 Å². The van der Waals surface area contributed by atoms with Crippen molar-refractivity contribution in [1.29, 1.82) is 0 Å². The van der Waals surface area contributed by atoms with Crippen molar-refractivity contribution in [3.05, 3.63) is 23.5 Å². The van der Waals surface area contributed by atoms with Gasteiger partial charge >= 0.3 is 6.36 Å². The Morgan fingerprint density at radius 2 is 1.93 bits per heavy atom. The maximum Gasteiger partial charge on any atom is 0.573 e. The van der Waals surface area contributed by atoms with Crippen molar-refractivity contribution < 1.29 is 22.7 Å². The number of rotatable bonds is 2. The third-order valence-electron chi connectivity index (χ3n) is 1.60. The number of allylic oxidation sites excluding steroid dienone is 2. The van der Waals surface area contributed by atoms with E-state index in [1.165, 1.54) is 12.2 Å². The quantitative estimate of drug-likeness (QED) is 0.747. The summed E-state index contributed by atoms with van der Waals surface area (Å²) in [6, 6.07) is 0. The molecule has 6 heteroatoms. The highest BCUT2D eigenvalue weighted by atomic mass is 19.4. The van der Waals surface area contributed by atoms with Gasteiger partial charge in [-0.05, 0) is 18.9 Å². The van der Waals surface area contributed by atoms with Crippen molar-refractivity contribution in [2.24, 2.45) is 5.73 Å². The third kappa shape index (κ3) is 2.79. The molecule has 0 heterocycles. The maximum absolute atomic E-state index is 11.8. The number of carbonyl (C=O) groups is 1. The molecule has 0 aromatic carbocycles. The molecule has 0 aromatic rings. The smallest absolute Gasteiger partial charge is 0.405 e. The standard InChI is InChI=1S/C8H8F3NO2/c9-8(10,11)14-6-4-2-1-3-5(6)7(12)13/h3-4H,1-2H2,(H2,12,13). The van der Waals surface area contributed by atoms with Crippen LogP contribution in [-0.4, -0.2) is 12.3 Å². The lowest BCUT2D eigenvalue weighted by Crippen LogP contribution is -2.22. The zero-order valence-corrected chi connectivity index (χ0v) is 7.10. The first-order chi connectivity index (χ1) is 6.40. The Bertz CT molecular complexity index is 304. The molecule has 0 aromatic heterocycles. The zero-order valence-electron chi connectivity index (χ0n) is 7.10. The van der Waals surface area contributed by atoms with Crippen LogP contribution < -0.4 is 5.73 Å². The predicted octanol–water partition coefficient (Wildman–Crippen LogP) is 1.61. The van der Waals surface area contributed by atoms with Crippen LogP contribution in [-0.2, 0) is 9.53 Å². The fraction of sp³-hybridized carbons (Fsp3) is 0.375. The molecule has 0 saturated heterocycles. The lowest BCUT2D eigenvalue weighted by Gasteiger charge is -2.16. The molecule has 0 aliphatic heterocycles. The number of alkyl halides is 3. The summed E-state index contributed by atoms with van der Waals surface area (Å²) in [4.78, 5) is 10.7. The van der Waals surface area contributed by atoms with E-state index in [1.54, 1.807) is 0 Å². The number of carbonyl (C=O) groups excluding carboxylic acids is 1. The zero-order chi connectivity index (χ0) is 10.8. The molecule has 0 radical (unpaired) electrons. The van der Waals surface area contributed by atoms with Gasteiger partial charge in [0.25, 0.3) is 5.91 Å². The molecule has 0 spiro atoms. The highest BCUT2D eigenvalue weighted by molar-refractivity contribution is 5.96. The predicted molar refractivity (Wildman–Crippen MR) is 41.7 cm³/mol. The Morgan fingerprint density at radius 3 is 2.43 bits per heavy atom. The Labute approximate surface area is 78.0 Å². The summed E-state index contributed by atoms with van der Waals surface area (Å²) in [6.45, 7) is 0. The number of amides is 1. The number of nitrogens with two attached hydrogens (primary N) is 1. The van der Waals surface area contributed by atoms with Gasteiger partial charge in [-0.1, -0.05) is 6.08 Å². The summed E-state index contributed by atoms with van der Waals surface area (Å²) in [7, 11) is 0. The Balaban J connectivity index is 2.81. The molecule has 0 fully saturated rings. The molecule has 1 rings (SSSR count). The molecule has 1 aliphatic rings. The topological polar surface area (TPSA) is 52.3 Å². The summed E-state index contributed by atoms with van der Waals surface area (Å²) in [5.41, 5.74) is 4.67. The minimum Gasteiger partial charge on any atom is -0.405 e. The third-order valence-corrected chi connectivity index (χ3v) is 1.60. The molecule has 14 heavy (non-hydrogen) atoms. The average molecular weight is 207 g/mol. The van der Waals surface area contributed by atoms with Gasteiger partial charge in [0.15, 0.2) is 0 Å². The normalized spacial score (nSPS) is 17.1. The molecule has 0 unspecified atom stereocenters. The molecule has 0 bridgehead atoms. The second kappa shape index (κ2) is 3.73. The van der Waals surface area contributed by atoms with Gasteiger partial charge in [0.1, 0.15) is 5.76 Å². The number of ether oxygens (including phenoxy) is 1. The van der Waals surface area contributed by atoms with Crippen LogP contribution in [0.2, 0.25) is 0 Å². The second-order valence-electron chi connectivity index (χ2n) is 2.68. The van der Waals surface area contributed by atoms with Gasteiger partial charge in [0.05, 0.1) is 5.57 Å². The minimum atomic E-state index is -4.79. The van der Waals surface area contributed by atoms with Crippen LogP contribution >= 0.6 is 0 Å². The summed E-state index contributed by atoms with van der Waals surface area (Å²) >= 11 is 0. The van der Waals surface area contributed by atoms with Crippen LogP contribution in [0.25, 0.3) is 0 Å². The molecular weight excluding hydrogens is 199 g/mol. The first kappa shape index (κ1) is 10.6. The van der Waals surface area contributed by atoms with Crippen molar-refractivity contribution in [3.63, 3.8) is 0 Å². The molecular formula is C8H8F3NO2. The summed E-state index contributed by atoms with van der Waals surface area (Å²) in [5, 5.41) is 0. The summed E-state index contributed by atoms with van der Waals surface area (Å²) in [5.74, 6) is -1.42. The molecule has 2 N–H and O–H groups in total. The molecule has 1 amide bonds. The van der Waals surface area contributed by atoms with Gasteiger partial charge in [-0.2, -0.15) is 0 Å². The van der Waals surface area contributed by atoms with Crippen LogP contribution in [0.15, 0.2) is 23.5 Å². The van der Waals surface area contributed by atoms with E-state index in [1.807, 2.05) is 0 Å². The van der Waals surface area contributed by atoms with Gasteiger partial charge in [-0.3, -0.25) is 4.79 Å². The van der Waals surface area contributed by atoms with E-state index in [9.17, 15) is 18.0 Å². The lowest BCUT2D eigenvalue weighted by atomic mass is 10.0. The van der Waals surface area contributed by atoms with Crippen LogP contribution in [0.3, 0.4) is 0 Å². The highest BCUT2D eigenvalue weighted by Gasteiger charge is 2.34. The SMILES string of the molecule is NC(=O)C1=CCCC=C1OC(F)(F)F. The van der Waals surface area contributed by atoms with E-state index in [2.05, 4.69) is 4.74 Å². The number of hydrogen-bond donors (Lipinski definition) is 1. The van der Waals surface area contributed by atoms with E-state index >= 15 is 0 Å². The first-order valence-electron chi connectivity index (χ1n) is 3.86. The molecule has 1 aliphatic carbocycles. The summed E-state index contributed by atoms with van der Waals surface area (Å²) in [6.07, 6.45) is -1.36. The van der Waals surface area contributed by atoms with Gasteiger partial charge in [-0.15, -0.1) is 13.2 Å². The number of primary amides is 1. The van der Waals surface area contributed by atoms with Crippen LogP contribution in [0.5, 0.6) is 0 Å². The fourth-order valence-electron chi connectivity index (χ4n) is 1.10. The summed E-state index contributed by atoms with van der Waals surface area (Å²) < 4.78 is 39.1. The van der Waals surface area contributed by atoms with Crippen molar-refractivity contribution in [2.75, 3.05) is 0 Å². The number of hydrogen-bond acceptors (Lipinski definition) is 2. The van der Waals surface area contributed by atoms with Crippen molar-refractivity contribution in [3.8, 4) is 0 Å². The molecule has 3 nitrogen and oxygen atoms in total. The van der Waals surface area contributed by atoms with Gasteiger partial charge in [0, 0.05) is 0 Å². The first-order valence-corrected chi connectivity index (χ1v) is 3.86. The largest absolute Gasteiger partial charge is 0.573 e. The average Bonchev–Trinajstić information content (AvgIpc) is 2.01. The molecule has 0 saturated carbocycles. The minimum absolute atomic E-state index is 0.214. The van der Waals surface area contributed by atoms with Gasteiger partial charge < -0.3 is 10.5 Å². The van der Waals surface area contributed by atoms with Crippen LogP contribution in [0.4, 0.5) is 13.2 Å². The van der Waals surface area contributed by atoms with E-state index in [0.29, 0.717) is 12.8 Å². The van der Waals surface area contributed by atoms with E-state index in [0.717, 1.165) is 0 Å². The van der Waals surface area contributed by atoms with E-state index < -0.39 is 18.0 Å². The molecule has 0 atom stereocenters. The highest BCUT2D eigenvalue weighted by Crippen LogP contribution is 2.27. The lowest BCUT2D eigenvalue weighted by molar-refractivity contribution is -0.304. The maximum atomic E-state index is 11.8. The van der Waals surface area contributed by atoms with Crippen molar-refractivity contribution in [1.82, 2.24) is 0 Å². The Kier molecular flexibility index (Phi) is 2.83. The van der Waals surface area contributed by atoms with Gasteiger partial charge in [0.2, 0.25) is 0 Å². The molecule has 78 valence electrons. The number of halogens is 3. The van der Waals surface area contributed by atoms with Crippen LogP contribution in [0, 0.1) is 0 Å². The van der Waals surface area contributed by atoms with Gasteiger partial charge in [-0.25, -0.2) is 0 Å². The monoisotopic (exact) mass is 207 g/mol. The second-order valence-corrected chi connectivity index (χ2v) is 2.68. The van der Waals surface area contributed by atoms with E-state index in [4.69, 9.17) is 5.73 Å². The fourth-order valence-corrected chi connectivity index (χ4v) is 1.10. The van der Waals surface area contributed by atoms with Crippen molar-refractivity contribution >= 4 is 5.91 Å². The Morgan fingerprint density at radius 1 is 1.36 bits per heavy atom. The Hall–Kier alpha value is -1.46. The van der Waals surface area contributed by atoms with E-state index in [-0.39, 0.29) is 5.57 Å². The van der Waals surface area contributed by atoms with Crippen LogP contribution in [0.1, 0.15) is 12.8 Å².